The van der Waals surface area contributed by atoms with Crippen molar-refractivity contribution in [2.45, 2.75) is 13.1 Å². The largest absolute Gasteiger partial charge is 0.368 e. The number of hydrogen-bond acceptors (Lipinski definition) is 6. The van der Waals surface area contributed by atoms with E-state index < -0.39 is 0 Å². The molecule has 0 spiro atoms. The number of rotatable bonds is 8. The van der Waals surface area contributed by atoms with Gasteiger partial charge in [0.15, 0.2) is 0 Å². The number of nitriles is 1. The lowest BCUT2D eigenvalue weighted by Crippen LogP contribution is -2.48. The fourth-order valence-corrected chi connectivity index (χ4v) is 7.11. The number of halogens is 1. The third-order valence-electron chi connectivity index (χ3n) is 8.70. The number of aromatic nitrogens is 2. The van der Waals surface area contributed by atoms with E-state index in [1.165, 1.54) is 11.3 Å². The third kappa shape index (κ3) is 6.54. The Kier molecular flexibility index (Phi) is 8.93. The first-order valence-electron chi connectivity index (χ1n) is 15.6. The molecule has 1 aliphatic rings. The van der Waals surface area contributed by atoms with E-state index in [0.717, 1.165) is 33.4 Å². The van der Waals surface area contributed by atoms with Crippen molar-refractivity contribution < 1.29 is 9.59 Å². The molecule has 7 rings (SSSR count). The van der Waals surface area contributed by atoms with Gasteiger partial charge in [0.05, 0.1) is 39.4 Å². The van der Waals surface area contributed by atoms with Crippen LogP contribution in [0.4, 0.5) is 11.4 Å². The lowest BCUT2D eigenvalue weighted by molar-refractivity contribution is 0.0751. The van der Waals surface area contributed by atoms with Crippen LogP contribution in [-0.2, 0) is 13.1 Å². The lowest BCUT2D eigenvalue weighted by Gasteiger charge is -2.36. The molecule has 238 valence electrons. The van der Waals surface area contributed by atoms with Crippen molar-refractivity contribution in [3.05, 3.63) is 147 Å². The zero-order chi connectivity index (χ0) is 33.0. The molecule has 4 aromatic carbocycles. The Morgan fingerprint density at radius 1 is 0.875 bits per heavy atom. The Hall–Kier alpha value is -5.43. The highest BCUT2D eigenvalue weighted by Crippen LogP contribution is 2.29. The molecule has 2 aromatic heterocycles. The second-order valence-electron chi connectivity index (χ2n) is 11.6. The van der Waals surface area contributed by atoms with E-state index in [1.54, 1.807) is 41.7 Å². The second-order valence-corrected chi connectivity index (χ2v) is 13.4. The van der Waals surface area contributed by atoms with Gasteiger partial charge >= 0.3 is 0 Å². The van der Waals surface area contributed by atoms with Crippen LogP contribution in [0.1, 0.15) is 36.9 Å². The monoisotopic (exact) mass is 670 g/mol. The van der Waals surface area contributed by atoms with E-state index in [0.29, 0.717) is 59.6 Å². The van der Waals surface area contributed by atoms with E-state index in [1.807, 2.05) is 88.3 Å². The standard InChI is InChI=1S/C38H31ClN6O2S/c39-36-17-16-35(48-36)38(47)43-20-18-42(19-21-43)30-12-14-31(15-13-30)45(37(46)34-7-3-5-29-4-1-2-6-33(29)34)25-32-23-41-26-44(32)24-28-10-8-27(22-40)9-11-28/h1-17,23,26H,18-21,24-25H2. The molecule has 0 atom stereocenters. The van der Waals surface area contributed by atoms with Gasteiger partial charge in [0, 0.05) is 55.9 Å². The van der Waals surface area contributed by atoms with Gasteiger partial charge in [-0.1, -0.05) is 60.1 Å². The Morgan fingerprint density at radius 2 is 1.62 bits per heavy atom. The first-order chi connectivity index (χ1) is 23.5. The number of benzene rings is 4. The summed E-state index contributed by atoms with van der Waals surface area (Å²) in [5.41, 5.74) is 4.96. The number of fused-ring (bicyclic) bond motifs is 1. The van der Waals surface area contributed by atoms with E-state index in [2.05, 4.69) is 16.0 Å². The van der Waals surface area contributed by atoms with Gasteiger partial charge in [-0.15, -0.1) is 11.3 Å². The molecule has 0 radical (unpaired) electrons. The summed E-state index contributed by atoms with van der Waals surface area (Å²) in [4.78, 5) is 38.4. The smallest absolute Gasteiger partial charge is 0.264 e. The molecule has 8 nitrogen and oxygen atoms in total. The van der Waals surface area contributed by atoms with E-state index in [-0.39, 0.29) is 11.8 Å². The molecule has 2 amide bonds. The fraction of sp³-hybridized carbons (Fsp3) is 0.158. The zero-order valence-corrected chi connectivity index (χ0v) is 27.6. The molecule has 0 saturated carbocycles. The van der Waals surface area contributed by atoms with E-state index in [4.69, 9.17) is 11.6 Å². The predicted molar refractivity (Wildman–Crippen MR) is 191 cm³/mol. The van der Waals surface area contributed by atoms with Gasteiger partial charge in [0.2, 0.25) is 0 Å². The van der Waals surface area contributed by atoms with Crippen LogP contribution in [0.25, 0.3) is 10.8 Å². The van der Waals surface area contributed by atoms with Crippen molar-refractivity contribution in [3.63, 3.8) is 0 Å². The van der Waals surface area contributed by atoms with Crippen LogP contribution in [-0.4, -0.2) is 52.4 Å². The SMILES string of the molecule is N#Cc1ccc(Cn2cncc2CN(C(=O)c2cccc3ccccc23)c2ccc(N3CCN(C(=O)c4ccc(Cl)s4)CC3)cc2)cc1. The van der Waals surface area contributed by atoms with Crippen LogP contribution in [0, 0.1) is 11.3 Å². The van der Waals surface area contributed by atoms with E-state index in [9.17, 15) is 14.9 Å². The van der Waals surface area contributed by atoms with Gasteiger partial charge in [0.1, 0.15) is 0 Å². The molecule has 10 heteroatoms. The molecule has 0 unspecified atom stereocenters. The average Bonchev–Trinajstić information content (AvgIpc) is 3.78. The summed E-state index contributed by atoms with van der Waals surface area (Å²) in [6.07, 6.45) is 3.57. The van der Waals surface area contributed by atoms with Crippen LogP contribution < -0.4 is 9.80 Å². The van der Waals surface area contributed by atoms with Crippen LogP contribution in [0.2, 0.25) is 4.34 Å². The maximum Gasteiger partial charge on any atom is 0.264 e. The molecule has 0 N–H and O–H groups in total. The normalized spacial score (nSPS) is 13.0. The molecule has 3 heterocycles. The topological polar surface area (TPSA) is 85.5 Å². The van der Waals surface area contributed by atoms with Crippen LogP contribution in [0.15, 0.2) is 116 Å². The molecule has 1 fully saturated rings. The summed E-state index contributed by atoms with van der Waals surface area (Å²) in [5, 5.41) is 11.1. The summed E-state index contributed by atoms with van der Waals surface area (Å²) < 4.78 is 2.64. The minimum Gasteiger partial charge on any atom is -0.368 e. The first-order valence-corrected chi connectivity index (χ1v) is 16.8. The molecule has 0 aliphatic carbocycles. The highest BCUT2D eigenvalue weighted by atomic mass is 35.5. The van der Waals surface area contributed by atoms with Crippen molar-refractivity contribution in [2.24, 2.45) is 0 Å². The van der Waals surface area contributed by atoms with Crippen LogP contribution in [0.3, 0.4) is 0 Å². The van der Waals surface area contributed by atoms with Crippen molar-refractivity contribution in [1.82, 2.24) is 14.5 Å². The number of amides is 2. The number of carbonyl (C=O) groups excluding carboxylic acids is 2. The number of carbonyl (C=O) groups is 2. The number of nitrogens with zero attached hydrogens (tertiary/aromatic N) is 6. The minimum atomic E-state index is -0.105. The van der Waals surface area contributed by atoms with Gasteiger partial charge in [-0.05, 0) is 70.9 Å². The molecule has 1 saturated heterocycles. The maximum absolute atomic E-state index is 14.4. The van der Waals surface area contributed by atoms with Crippen LogP contribution in [0.5, 0.6) is 0 Å². The Balaban J connectivity index is 1.14. The Labute approximate surface area is 287 Å². The fourth-order valence-electron chi connectivity index (χ4n) is 6.10. The summed E-state index contributed by atoms with van der Waals surface area (Å²) in [6.45, 7) is 3.51. The molecule has 1 aliphatic heterocycles. The first kappa shape index (κ1) is 31.2. The van der Waals surface area contributed by atoms with E-state index >= 15 is 0 Å². The molecular weight excluding hydrogens is 640 g/mol. The highest BCUT2D eigenvalue weighted by Gasteiger charge is 2.25. The third-order valence-corrected chi connectivity index (χ3v) is 9.92. The van der Waals surface area contributed by atoms with Crippen molar-refractivity contribution >= 4 is 56.9 Å². The molecule has 6 aromatic rings. The highest BCUT2D eigenvalue weighted by molar-refractivity contribution is 7.18. The lowest BCUT2D eigenvalue weighted by atomic mass is 10.0. The number of hydrogen-bond donors (Lipinski definition) is 0. The zero-order valence-electron chi connectivity index (χ0n) is 26.0. The van der Waals surface area contributed by atoms with Crippen molar-refractivity contribution in [3.8, 4) is 6.07 Å². The van der Waals surface area contributed by atoms with Gasteiger partial charge in [-0.25, -0.2) is 4.98 Å². The summed E-state index contributed by atoms with van der Waals surface area (Å²) >= 11 is 7.36. The van der Waals surface area contributed by atoms with Gasteiger partial charge in [-0.3, -0.25) is 9.59 Å². The summed E-state index contributed by atoms with van der Waals surface area (Å²) in [6, 6.07) is 35.0. The number of anilines is 2. The Bertz CT molecular complexity index is 2120. The maximum atomic E-state index is 14.4. The summed E-state index contributed by atoms with van der Waals surface area (Å²) in [7, 11) is 0. The van der Waals surface area contributed by atoms with Gasteiger partial charge in [0.25, 0.3) is 11.8 Å². The number of piperazine rings is 1. The number of thiophene rings is 1. The molecular formula is C38H31ClN6O2S. The van der Waals surface area contributed by atoms with Crippen molar-refractivity contribution in [1.29, 1.82) is 5.26 Å². The second kappa shape index (κ2) is 13.7. The van der Waals surface area contributed by atoms with Crippen LogP contribution >= 0.6 is 22.9 Å². The minimum absolute atomic E-state index is 0.0166. The molecule has 48 heavy (non-hydrogen) atoms. The molecule has 0 bridgehead atoms. The number of imidazole rings is 1. The van der Waals surface area contributed by atoms with Gasteiger partial charge < -0.3 is 19.3 Å². The quantitative estimate of drug-likeness (QED) is 0.168. The Morgan fingerprint density at radius 3 is 2.35 bits per heavy atom. The average molecular weight is 671 g/mol. The van der Waals surface area contributed by atoms with Gasteiger partial charge in [-0.2, -0.15) is 5.26 Å². The predicted octanol–water partition coefficient (Wildman–Crippen LogP) is 7.48. The summed E-state index contributed by atoms with van der Waals surface area (Å²) in [5.74, 6) is -0.0885. The van der Waals surface area contributed by atoms with Crippen molar-refractivity contribution in [2.75, 3.05) is 36.0 Å².